The quantitative estimate of drug-likeness (QED) is 0.491. The molecule has 5 nitrogen and oxygen atoms in total. The van der Waals surface area contributed by atoms with Crippen LogP contribution in [0.2, 0.25) is 0 Å². The third-order valence-electron chi connectivity index (χ3n) is 9.35. The summed E-state index contributed by atoms with van der Waals surface area (Å²) in [5.74, 6) is 0.475. The van der Waals surface area contributed by atoms with Gasteiger partial charge in [-0.1, -0.05) is 29.8 Å². The van der Waals surface area contributed by atoms with Crippen LogP contribution in [0.25, 0.3) is 0 Å². The minimum atomic E-state index is -1.48. The molecule has 29 heavy (non-hydrogen) atoms. The van der Waals surface area contributed by atoms with Crippen LogP contribution in [0.4, 0.5) is 0 Å². The van der Waals surface area contributed by atoms with Gasteiger partial charge in [0.25, 0.3) is 0 Å². The van der Waals surface area contributed by atoms with Gasteiger partial charge in [0.05, 0.1) is 4.83 Å². The highest BCUT2D eigenvalue weighted by Crippen LogP contribution is 2.68. The van der Waals surface area contributed by atoms with Crippen molar-refractivity contribution in [3.63, 3.8) is 0 Å². The lowest BCUT2D eigenvalue weighted by molar-refractivity contribution is -0.180. The van der Waals surface area contributed by atoms with Crippen LogP contribution in [0.15, 0.2) is 0 Å². The Labute approximate surface area is 181 Å². The van der Waals surface area contributed by atoms with E-state index in [2.05, 4.69) is 22.9 Å². The highest BCUT2D eigenvalue weighted by Gasteiger charge is 2.71. The van der Waals surface area contributed by atoms with Crippen molar-refractivity contribution in [2.75, 3.05) is 0 Å². The van der Waals surface area contributed by atoms with Crippen molar-refractivity contribution in [1.82, 2.24) is 0 Å². The number of carbonyl (C=O) groups excluding carboxylic acids is 3. The Morgan fingerprint density at radius 3 is 2.45 bits per heavy atom. The highest BCUT2D eigenvalue weighted by atomic mass is 79.9. The van der Waals surface area contributed by atoms with Crippen LogP contribution in [0.1, 0.15) is 72.6 Å². The molecule has 9 atom stereocenters. The molecule has 4 aliphatic carbocycles. The summed E-state index contributed by atoms with van der Waals surface area (Å²) in [4.78, 5) is 37.2. The van der Waals surface area contributed by atoms with E-state index in [-0.39, 0.29) is 58.1 Å². The summed E-state index contributed by atoms with van der Waals surface area (Å²) in [5.41, 5.74) is -2.27. The van der Waals surface area contributed by atoms with Gasteiger partial charge in [-0.15, -0.1) is 0 Å². The van der Waals surface area contributed by atoms with Crippen molar-refractivity contribution in [3.05, 3.63) is 0 Å². The molecular formula is C23H33BrO5. The van der Waals surface area contributed by atoms with Gasteiger partial charge in [-0.05, 0) is 68.6 Å². The normalized spacial score (nSPS) is 51.6. The number of ketones is 2. The Hall–Kier alpha value is -0.750. The molecule has 0 aliphatic heterocycles. The molecule has 0 amide bonds. The predicted molar refractivity (Wildman–Crippen MR) is 111 cm³/mol. The number of ether oxygens (including phenoxy) is 1. The molecule has 0 aromatic rings. The summed E-state index contributed by atoms with van der Waals surface area (Å²) in [6, 6.07) is 0. The van der Waals surface area contributed by atoms with Crippen molar-refractivity contribution in [2.45, 2.75) is 89.2 Å². The molecule has 0 spiro atoms. The Bertz CT molecular complexity index is 752. The van der Waals surface area contributed by atoms with Crippen LogP contribution in [0.3, 0.4) is 0 Å². The number of Topliss-reactive ketones (excluding diaryl/α,β-unsaturated/α-hetero) is 2. The van der Waals surface area contributed by atoms with E-state index < -0.39 is 11.0 Å². The van der Waals surface area contributed by atoms with Crippen LogP contribution >= 0.6 is 15.9 Å². The second kappa shape index (κ2) is 6.88. The second-order valence-electron chi connectivity index (χ2n) is 10.6. The summed E-state index contributed by atoms with van der Waals surface area (Å²) in [6.07, 6.45) is 5.46. The lowest BCUT2D eigenvalue weighted by atomic mass is 9.44. The molecule has 6 heteroatoms. The zero-order chi connectivity index (χ0) is 21.4. The van der Waals surface area contributed by atoms with Gasteiger partial charge in [0.1, 0.15) is 17.5 Å². The predicted octanol–water partition coefficient (Wildman–Crippen LogP) is 3.83. The molecule has 4 fully saturated rings. The van der Waals surface area contributed by atoms with Gasteiger partial charge in [0.15, 0.2) is 5.78 Å². The van der Waals surface area contributed by atoms with E-state index in [1.165, 1.54) is 13.8 Å². The van der Waals surface area contributed by atoms with Gasteiger partial charge in [-0.2, -0.15) is 0 Å². The number of carbonyl (C=O) groups is 3. The van der Waals surface area contributed by atoms with Gasteiger partial charge >= 0.3 is 5.97 Å². The number of hydrogen-bond acceptors (Lipinski definition) is 5. The van der Waals surface area contributed by atoms with Crippen molar-refractivity contribution in [3.8, 4) is 0 Å². The van der Waals surface area contributed by atoms with Crippen molar-refractivity contribution < 1.29 is 24.2 Å². The van der Waals surface area contributed by atoms with E-state index in [0.717, 1.165) is 38.5 Å². The largest absolute Gasteiger partial charge is 0.463 e. The third kappa shape index (κ3) is 2.84. The average Bonchev–Trinajstić information content (AvgIpc) is 2.82. The van der Waals surface area contributed by atoms with E-state index >= 15 is 0 Å². The molecule has 0 radical (unpaired) electrons. The van der Waals surface area contributed by atoms with Crippen molar-refractivity contribution in [2.24, 2.45) is 34.5 Å². The topological polar surface area (TPSA) is 80.7 Å². The number of aliphatic hydroxyl groups is 1. The molecule has 0 saturated heterocycles. The summed E-state index contributed by atoms with van der Waals surface area (Å²) >= 11 is 3.61. The highest BCUT2D eigenvalue weighted by molar-refractivity contribution is 9.09. The van der Waals surface area contributed by atoms with E-state index in [4.69, 9.17) is 4.74 Å². The molecule has 4 aliphatic rings. The standard InChI is InChI=1S/C23H33BrO5/c1-12(25)23(28)19(24)10-17-16-6-5-14-9-15(29-13(2)26)7-8-21(14,3)20(16)18(27)11-22(17,23)4/h14-17,19-20,28H,5-11H2,1-4H3/t14-,15-,16-,17-,19+,20+,21-,22-,23+/m0/s1. The van der Waals surface area contributed by atoms with E-state index in [1.54, 1.807) is 0 Å². The first-order chi connectivity index (χ1) is 13.4. The first kappa shape index (κ1) is 21.5. The van der Waals surface area contributed by atoms with Crippen LogP contribution in [-0.2, 0) is 19.1 Å². The number of hydrogen-bond donors (Lipinski definition) is 1. The Morgan fingerprint density at radius 2 is 1.83 bits per heavy atom. The van der Waals surface area contributed by atoms with Gasteiger partial charge in [0, 0.05) is 24.7 Å². The number of esters is 1. The van der Waals surface area contributed by atoms with Crippen LogP contribution in [-0.4, -0.2) is 39.2 Å². The van der Waals surface area contributed by atoms with E-state index in [1.807, 2.05) is 6.92 Å². The minimum absolute atomic E-state index is 0.0217. The van der Waals surface area contributed by atoms with Crippen LogP contribution in [0.5, 0.6) is 0 Å². The summed E-state index contributed by atoms with van der Waals surface area (Å²) in [5, 5.41) is 11.4. The first-order valence-electron chi connectivity index (χ1n) is 11.0. The van der Waals surface area contributed by atoms with Crippen LogP contribution in [0, 0.1) is 34.5 Å². The molecule has 4 rings (SSSR count). The second-order valence-corrected chi connectivity index (χ2v) is 11.7. The molecule has 1 N–H and O–H groups in total. The maximum absolute atomic E-state index is 13.6. The Morgan fingerprint density at radius 1 is 1.14 bits per heavy atom. The number of alkyl halides is 1. The fourth-order valence-electron chi connectivity index (χ4n) is 7.97. The average molecular weight is 469 g/mol. The Balaban J connectivity index is 1.65. The summed E-state index contributed by atoms with van der Waals surface area (Å²) < 4.78 is 5.50. The van der Waals surface area contributed by atoms with Crippen molar-refractivity contribution in [1.29, 1.82) is 0 Å². The molecule has 0 aromatic heterocycles. The first-order valence-corrected chi connectivity index (χ1v) is 11.9. The van der Waals surface area contributed by atoms with Crippen LogP contribution < -0.4 is 0 Å². The van der Waals surface area contributed by atoms with E-state index in [9.17, 15) is 19.5 Å². The van der Waals surface area contributed by atoms with Gasteiger partial charge in [-0.25, -0.2) is 0 Å². The Kier molecular flexibility index (Phi) is 5.09. The molecule has 0 unspecified atom stereocenters. The maximum atomic E-state index is 13.6. The SMILES string of the molecule is CC(=O)O[C@H]1CC[C@@]2(C)[C@@H](CC[C@@H]3[C@@H]2C(=O)C[C@@]2(C)[C@H]3C[C@@H](Br)[C@]2(O)C(C)=O)C1. The number of halogens is 1. The molecule has 4 saturated carbocycles. The lowest BCUT2D eigenvalue weighted by Gasteiger charge is -2.60. The zero-order valence-corrected chi connectivity index (χ0v) is 19.5. The fraction of sp³-hybridized carbons (Fsp3) is 0.870. The number of fused-ring (bicyclic) bond motifs is 5. The molecule has 0 heterocycles. The number of rotatable bonds is 2. The summed E-state index contributed by atoms with van der Waals surface area (Å²) in [6.45, 7) is 7.13. The van der Waals surface area contributed by atoms with E-state index in [0.29, 0.717) is 5.92 Å². The maximum Gasteiger partial charge on any atom is 0.302 e. The minimum Gasteiger partial charge on any atom is -0.463 e. The zero-order valence-electron chi connectivity index (χ0n) is 17.9. The van der Waals surface area contributed by atoms with Gasteiger partial charge in [0.2, 0.25) is 0 Å². The molecular weight excluding hydrogens is 436 g/mol. The third-order valence-corrected chi connectivity index (χ3v) is 10.4. The molecule has 0 aromatic carbocycles. The van der Waals surface area contributed by atoms with Crippen molar-refractivity contribution >= 4 is 33.5 Å². The van der Waals surface area contributed by atoms with Gasteiger partial charge in [-0.3, -0.25) is 14.4 Å². The summed E-state index contributed by atoms with van der Waals surface area (Å²) in [7, 11) is 0. The molecule has 162 valence electrons. The van der Waals surface area contributed by atoms with Gasteiger partial charge < -0.3 is 9.84 Å². The smallest absolute Gasteiger partial charge is 0.302 e. The lowest BCUT2D eigenvalue weighted by Crippen LogP contribution is -2.62. The molecule has 0 bridgehead atoms. The monoisotopic (exact) mass is 468 g/mol. The fourth-order valence-corrected chi connectivity index (χ4v) is 9.22.